The smallest absolute Gasteiger partial charge is 0.273 e. The number of hydrogen-bond donors (Lipinski definition) is 1. The summed E-state index contributed by atoms with van der Waals surface area (Å²) in [5, 5.41) is 14.5. The van der Waals surface area contributed by atoms with Crippen molar-refractivity contribution in [3.8, 4) is 0 Å². The monoisotopic (exact) mass is 360 g/mol. The van der Waals surface area contributed by atoms with E-state index >= 15 is 0 Å². The molecule has 0 saturated heterocycles. The van der Waals surface area contributed by atoms with Crippen molar-refractivity contribution in [2.24, 2.45) is 5.92 Å². The summed E-state index contributed by atoms with van der Waals surface area (Å²) >= 11 is 2.11. The van der Waals surface area contributed by atoms with Gasteiger partial charge in [0, 0.05) is 21.2 Å². The predicted octanol–water partition coefficient (Wildman–Crippen LogP) is 3.13. The molecule has 0 radical (unpaired) electrons. The summed E-state index contributed by atoms with van der Waals surface area (Å²) in [6.07, 6.45) is 3.25. The highest BCUT2D eigenvalue weighted by atomic mass is 127. The molecule has 0 heterocycles. The van der Waals surface area contributed by atoms with E-state index in [4.69, 9.17) is 0 Å². The molecule has 1 N–H and O–H groups in total. The first-order valence-corrected chi connectivity index (χ1v) is 7.36. The van der Waals surface area contributed by atoms with Crippen LogP contribution in [0.5, 0.6) is 0 Å². The van der Waals surface area contributed by atoms with E-state index in [1.165, 1.54) is 12.8 Å². The number of nitro groups is 1. The van der Waals surface area contributed by atoms with Crippen LogP contribution in [0.15, 0.2) is 18.2 Å². The molecule has 1 atom stereocenters. The maximum atomic E-state index is 11.1. The summed E-state index contributed by atoms with van der Waals surface area (Å²) in [6, 6.07) is 5.88. The standard InChI is InChI=1S/C13H17IN2O2/c1-2-15-12(9-3-4-9)7-10-5-6-11(14)8-13(10)16(17)18/h5-6,8-9,12,15H,2-4,7H2,1H3. The van der Waals surface area contributed by atoms with E-state index in [0.717, 1.165) is 22.1 Å². The quantitative estimate of drug-likeness (QED) is 0.482. The lowest BCUT2D eigenvalue weighted by Gasteiger charge is -2.17. The molecule has 18 heavy (non-hydrogen) atoms. The van der Waals surface area contributed by atoms with Gasteiger partial charge in [0.25, 0.3) is 5.69 Å². The van der Waals surface area contributed by atoms with Gasteiger partial charge in [-0.25, -0.2) is 0 Å². The van der Waals surface area contributed by atoms with Crippen LogP contribution in [0.25, 0.3) is 0 Å². The van der Waals surface area contributed by atoms with Gasteiger partial charge in [-0.3, -0.25) is 10.1 Å². The molecule has 1 aromatic carbocycles. The summed E-state index contributed by atoms with van der Waals surface area (Å²) in [5.41, 5.74) is 1.10. The zero-order valence-electron chi connectivity index (χ0n) is 10.4. The first-order chi connectivity index (χ1) is 8.61. The highest BCUT2D eigenvalue weighted by Crippen LogP contribution is 2.35. The Morgan fingerprint density at radius 1 is 1.56 bits per heavy atom. The molecular weight excluding hydrogens is 343 g/mol. The van der Waals surface area contributed by atoms with E-state index in [0.29, 0.717) is 12.0 Å². The summed E-state index contributed by atoms with van der Waals surface area (Å²) in [6.45, 7) is 3.00. The maximum absolute atomic E-state index is 11.1. The molecule has 1 fully saturated rings. The van der Waals surface area contributed by atoms with Crippen molar-refractivity contribution in [3.05, 3.63) is 37.4 Å². The Kier molecular flexibility index (Phi) is 4.55. The average molecular weight is 360 g/mol. The number of nitrogens with one attached hydrogen (secondary N) is 1. The number of nitrogens with zero attached hydrogens (tertiary/aromatic N) is 1. The van der Waals surface area contributed by atoms with Gasteiger partial charge in [-0.05, 0) is 60.4 Å². The molecule has 0 aliphatic heterocycles. The molecule has 1 saturated carbocycles. The summed E-state index contributed by atoms with van der Waals surface area (Å²) < 4.78 is 0.912. The Bertz CT molecular complexity index is 447. The highest BCUT2D eigenvalue weighted by molar-refractivity contribution is 14.1. The Morgan fingerprint density at radius 3 is 2.83 bits per heavy atom. The third-order valence-electron chi connectivity index (χ3n) is 3.34. The van der Waals surface area contributed by atoms with Gasteiger partial charge in [-0.15, -0.1) is 0 Å². The number of benzene rings is 1. The summed E-state index contributed by atoms with van der Waals surface area (Å²) in [4.78, 5) is 10.8. The van der Waals surface area contributed by atoms with Crippen LogP contribution in [-0.2, 0) is 6.42 Å². The lowest BCUT2D eigenvalue weighted by Crippen LogP contribution is -2.33. The SMILES string of the molecule is CCNC(Cc1ccc(I)cc1[N+](=O)[O-])C1CC1. The van der Waals surface area contributed by atoms with E-state index < -0.39 is 0 Å². The second kappa shape index (κ2) is 5.97. The Balaban J connectivity index is 2.18. The van der Waals surface area contributed by atoms with Crippen molar-refractivity contribution in [2.45, 2.75) is 32.2 Å². The normalized spacial score (nSPS) is 16.6. The van der Waals surface area contributed by atoms with Gasteiger partial charge in [-0.1, -0.05) is 13.0 Å². The molecule has 2 rings (SSSR count). The maximum Gasteiger partial charge on any atom is 0.273 e. The Labute approximate surface area is 120 Å². The predicted molar refractivity (Wildman–Crippen MR) is 79.7 cm³/mol. The fourth-order valence-electron chi connectivity index (χ4n) is 2.28. The zero-order valence-corrected chi connectivity index (χ0v) is 12.5. The van der Waals surface area contributed by atoms with E-state index in [1.54, 1.807) is 6.07 Å². The van der Waals surface area contributed by atoms with Crippen molar-refractivity contribution in [3.63, 3.8) is 0 Å². The van der Waals surface area contributed by atoms with Crippen molar-refractivity contribution in [1.29, 1.82) is 0 Å². The van der Waals surface area contributed by atoms with Gasteiger partial charge < -0.3 is 5.32 Å². The molecule has 5 heteroatoms. The van der Waals surface area contributed by atoms with Gasteiger partial charge in [0.1, 0.15) is 0 Å². The fraction of sp³-hybridized carbons (Fsp3) is 0.538. The van der Waals surface area contributed by atoms with Gasteiger partial charge >= 0.3 is 0 Å². The van der Waals surface area contributed by atoms with E-state index in [9.17, 15) is 10.1 Å². The minimum absolute atomic E-state index is 0.255. The van der Waals surface area contributed by atoms with Gasteiger partial charge in [0.05, 0.1) is 4.92 Å². The number of nitro benzene ring substituents is 1. The molecule has 0 aromatic heterocycles. The van der Waals surface area contributed by atoms with Crippen molar-refractivity contribution in [2.75, 3.05) is 6.54 Å². The van der Waals surface area contributed by atoms with Gasteiger partial charge in [-0.2, -0.15) is 0 Å². The number of hydrogen-bond acceptors (Lipinski definition) is 3. The fourth-order valence-corrected chi connectivity index (χ4v) is 2.76. The van der Waals surface area contributed by atoms with Crippen molar-refractivity contribution < 1.29 is 4.92 Å². The number of halogens is 1. The molecule has 0 bridgehead atoms. The highest BCUT2D eigenvalue weighted by Gasteiger charge is 2.32. The van der Waals surface area contributed by atoms with E-state index in [1.807, 2.05) is 12.1 Å². The molecule has 1 unspecified atom stereocenters. The van der Waals surface area contributed by atoms with Crippen LogP contribution in [-0.4, -0.2) is 17.5 Å². The molecule has 1 aliphatic rings. The lowest BCUT2D eigenvalue weighted by atomic mass is 10.0. The number of likely N-dealkylation sites (N-methyl/N-ethyl adjacent to an activating group) is 1. The molecular formula is C13H17IN2O2. The lowest BCUT2D eigenvalue weighted by molar-refractivity contribution is -0.385. The van der Waals surface area contributed by atoms with Gasteiger partial charge in [0.2, 0.25) is 0 Å². The van der Waals surface area contributed by atoms with Crippen LogP contribution in [0, 0.1) is 19.6 Å². The molecule has 4 nitrogen and oxygen atoms in total. The summed E-state index contributed by atoms with van der Waals surface area (Å²) in [5.74, 6) is 0.698. The second-order valence-electron chi connectivity index (χ2n) is 4.74. The third kappa shape index (κ3) is 3.41. The Hall–Kier alpha value is -0.690. The molecule has 0 amide bonds. The first kappa shape index (κ1) is 13.7. The van der Waals surface area contributed by atoms with Crippen LogP contribution in [0.1, 0.15) is 25.3 Å². The minimum atomic E-state index is -0.270. The average Bonchev–Trinajstić information content (AvgIpc) is 3.14. The van der Waals surface area contributed by atoms with Crippen LogP contribution in [0.2, 0.25) is 0 Å². The Morgan fingerprint density at radius 2 is 2.28 bits per heavy atom. The third-order valence-corrected chi connectivity index (χ3v) is 4.01. The topological polar surface area (TPSA) is 55.2 Å². The van der Waals surface area contributed by atoms with Gasteiger partial charge in [0.15, 0.2) is 0 Å². The minimum Gasteiger partial charge on any atom is -0.314 e. The molecule has 1 aliphatic carbocycles. The number of rotatable bonds is 6. The summed E-state index contributed by atoms with van der Waals surface area (Å²) in [7, 11) is 0. The molecule has 0 spiro atoms. The van der Waals surface area contributed by atoms with Crippen molar-refractivity contribution in [1.82, 2.24) is 5.32 Å². The zero-order chi connectivity index (χ0) is 13.1. The van der Waals surface area contributed by atoms with Crippen LogP contribution in [0.3, 0.4) is 0 Å². The molecule has 1 aromatic rings. The largest absolute Gasteiger partial charge is 0.314 e. The van der Waals surface area contributed by atoms with Crippen LogP contribution < -0.4 is 5.32 Å². The van der Waals surface area contributed by atoms with Crippen LogP contribution in [0.4, 0.5) is 5.69 Å². The van der Waals surface area contributed by atoms with E-state index in [2.05, 4.69) is 34.8 Å². The molecule has 98 valence electrons. The van der Waals surface area contributed by atoms with Crippen molar-refractivity contribution >= 4 is 28.3 Å². The second-order valence-corrected chi connectivity index (χ2v) is 5.98. The first-order valence-electron chi connectivity index (χ1n) is 6.28. The van der Waals surface area contributed by atoms with Crippen LogP contribution >= 0.6 is 22.6 Å². The van der Waals surface area contributed by atoms with E-state index in [-0.39, 0.29) is 10.6 Å².